The Hall–Kier alpha value is -3.11. The van der Waals surface area contributed by atoms with Crippen molar-refractivity contribution in [1.82, 2.24) is 0 Å². The molecule has 0 N–H and O–H groups in total. The van der Waals surface area contributed by atoms with Crippen LogP contribution in [0.4, 0.5) is 23.0 Å². The lowest BCUT2D eigenvalue weighted by Gasteiger charge is -2.11. The van der Waals surface area contributed by atoms with E-state index in [0.29, 0.717) is 0 Å². The smallest absolute Gasteiger partial charge is 0.418 e. The van der Waals surface area contributed by atoms with Crippen LogP contribution in [0.1, 0.15) is 11.1 Å². The van der Waals surface area contributed by atoms with Crippen LogP contribution in [0, 0.1) is 11.8 Å². The monoisotopic (exact) mass is 427 g/mol. The highest BCUT2D eigenvalue weighted by Gasteiger charge is 2.20. The molecule has 30 heavy (non-hydrogen) atoms. The summed E-state index contributed by atoms with van der Waals surface area (Å²) in [6, 6.07) is 25.4. The van der Waals surface area contributed by atoms with Gasteiger partial charge in [0, 0.05) is 37.5 Å². The van der Waals surface area contributed by atoms with E-state index in [0.717, 1.165) is 11.1 Å². The van der Waals surface area contributed by atoms with Gasteiger partial charge in [0.25, 0.3) is 0 Å². The summed E-state index contributed by atoms with van der Waals surface area (Å²) in [6.07, 6.45) is 0. The average Bonchev–Trinajstić information content (AvgIpc) is 2.70. The van der Waals surface area contributed by atoms with E-state index in [1.54, 1.807) is 0 Å². The Morgan fingerprint density at radius 3 is 1.63 bits per heavy atom. The van der Waals surface area contributed by atoms with Crippen molar-refractivity contribution in [2.45, 2.75) is 0 Å². The molecule has 1 aromatic heterocycles. The van der Waals surface area contributed by atoms with Crippen LogP contribution in [-0.2, 0) is 0 Å². The van der Waals surface area contributed by atoms with Crippen molar-refractivity contribution < 1.29 is 17.3 Å². The first kappa shape index (κ1) is 21.6. The van der Waals surface area contributed by atoms with Crippen LogP contribution in [-0.4, -0.2) is 21.3 Å². The first-order valence-corrected chi connectivity index (χ1v) is 9.94. The van der Waals surface area contributed by atoms with Crippen LogP contribution < -0.4 is 4.90 Å². The number of halogens is 4. The minimum Gasteiger partial charge on any atom is -0.418 e. The van der Waals surface area contributed by atoms with Gasteiger partial charge in [-0.1, -0.05) is 36.1 Å². The normalized spacial score (nSPS) is 10.7. The molecule has 1 heterocycles. The second-order valence-electron chi connectivity index (χ2n) is 6.66. The zero-order valence-corrected chi connectivity index (χ0v) is 17.2. The topological polar surface area (TPSA) is 3.24 Å². The van der Waals surface area contributed by atoms with E-state index >= 15 is 0 Å². The highest BCUT2D eigenvalue weighted by Crippen LogP contribution is 2.32. The minimum absolute atomic E-state index is 1.03. The zero-order valence-electron chi connectivity index (χ0n) is 16.4. The fraction of sp³-hybridized carbons (Fsp3) is 0.0870. The van der Waals surface area contributed by atoms with E-state index in [9.17, 15) is 17.3 Å². The maximum atomic E-state index is 9.75. The van der Waals surface area contributed by atoms with Crippen molar-refractivity contribution in [3.8, 4) is 11.8 Å². The molecular weight excluding hydrogens is 409 g/mol. The highest BCUT2D eigenvalue weighted by atomic mass is 32.1. The second kappa shape index (κ2) is 9.14. The number of fused-ring (bicyclic) bond motifs is 2. The fourth-order valence-corrected chi connectivity index (χ4v) is 3.99. The van der Waals surface area contributed by atoms with Crippen molar-refractivity contribution in [1.29, 1.82) is 0 Å². The molecule has 0 aliphatic heterocycles. The minimum atomic E-state index is -6.00. The summed E-state index contributed by atoms with van der Waals surface area (Å²) in [5.41, 5.74) is 3.33. The number of hydrogen-bond donors (Lipinski definition) is 0. The van der Waals surface area contributed by atoms with Crippen molar-refractivity contribution in [2.75, 3.05) is 19.0 Å². The summed E-state index contributed by atoms with van der Waals surface area (Å²) < 4.78 is 41.5. The number of hydrogen-bond acceptors (Lipinski definition) is 1. The number of rotatable bonds is 1. The predicted octanol–water partition coefficient (Wildman–Crippen LogP) is 7.10. The molecule has 4 aromatic rings. The van der Waals surface area contributed by atoms with Crippen LogP contribution in [0.15, 0.2) is 72.8 Å². The molecular formula is C23H18BF4NS. The summed E-state index contributed by atoms with van der Waals surface area (Å²) in [7, 11) is -1.91. The first-order valence-electron chi connectivity index (χ1n) is 9.13. The Morgan fingerprint density at radius 1 is 0.700 bits per heavy atom. The van der Waals surface area contributed by atoms with Crippen LogP contribution in [0.25, 0.3) is 20.2 Å². The Morgan fingerprint density at radius 2 is 1.17 bits per heavy atom. The van der Waals surface area contributed by atoms with Gasteiger partial charge in [0.15, 0.2) is 0 Å². The molecule has 152 valence electrons. The largest absolute Gasteiger partial charge is 0.673 e. The lowest BCUT2D eigenvalue weighted by molar-refractivity contribution is 0.368. The van der Waals surface area contributed by atoms with Gasteiger partial charge >= 0.3 is 7.25 Å². The van der Waals surface area contributed by atoms with Crippen LogP contribution in [0.5, 0.6) is 0 Å². The van der Waals surface area contributed by atoms with Crippen molar-refractivity contribution >= 4 is 44.5 Å². The third kappa shape index (κ3) is 5.71. The Bertz CT molecular complexity index is 1170. The molecule has 7 heteroatoms. The lowest BCUT2D eigenvalue weighted by atomic mass is 10.1. The molecule has 0 spiro atoms. The molecule has 0 saturated heterocycles. The molecule has 0 bridgehead atoms. The van der Waals surface area contributed by atoms with Crippen LogP contribution >= 0.6 is 11.3 Å². The molecule has 0 fully saturated rings. The third-order valence-electron chi connectivity index (χ3n) is 4.25. The van der Waals surface area contributed by atoms with Gasteiger partial charge in [0.2, 0.25) is 20.7 Å². The van der Waals surface area contributed by atoms with E-state index in [4.69, 9.17) is 0 Å². The average molecular weight is 427 g/mol. The zero-order chi connectivity index (χ0) is 21.7. The standard InChI is InChI=1S/C23H18NS.BF4/c1-24(2)18-14-11-17(12-15-18)13-16-19-20-7-3-5-9-22(20)25-23-10-6-4-8-21(19)23;2-1(3,4)5/h3-12,14-15H,1-2H3;/q+1;-1. The molecule has 1 nitrogen and oxygen atoms in total. The molecule has 0 amide bonds. The third-order valence-corrected chi connectivity index (χ3v) is 5.40. The first-order chi connectivity index (χ1) is 14.2. The molecule has 0 aliphatic rings. The fourth-order valence-electron chi connectivity index (χ4n) is 2.90. The Labute approximate surface area is 176 Å². The van der Waals surface area contributed by atoms with Crippen molar-refractivity contribution in [2.24, 2.45) is 0 Å². The Balaban J connectivity index is 0.000000461. The number of nitrogens with zero attached hydrogens (tertiary/aromatic N) is 1. The maximum absolute atomic E-state index is 9.75. The molecule has 3 aromatic carbocycles. The molecule has 0 atom stereocenters. The van der Waals surface area contributed by atoms with Gasteiger partial charge in [-0.05, 0) is 36.4 Å². The SMILES string of the molecule is CN(C)c1ccc(C#Cc2c3ccccc3[s+]c3ccccc23)cc1.F[B-](F)(F)F. The van der Waals surface area contributed by atoms with E-state index < -0.39 is 7.25 Å². The van der Waals surface area contributed by atoms with Gasteiger partial charge in [-0.3, -0.25) is 0 Å². The van der Waals surface area contributed by atoms with Gasteiger partial charge in [0.1, 0.15) is 0 Å². The summed E-state index contributed by atoms with van der Waals surface area (Å²) in [6.45, 7) is 0. The summed E-state index contributed by atoms with van der Waals surface area (Å²) >= 11 is 1.82. The molecule has 0 unspecified atom stereocenters. The van der Waals surface area contributed by atoms with Crippen molar-refractivity contribution in [3.05, 3.63) is 83.9 Å². The van der Waals surface area contributed by atoms with Gasteiger partial charge in [-0.25, -0.2) is 0 Å². The highest BCUT2D eigenvalue weighted by molar-refractivity contribution is 7.24. The summed E-state index contributed by atoms with van der Waals surface area (Å²) in [5.74, 6) is 6.79. The van der Waals surface area contributed by atoms with Crippen LogP contribution in [0.3, 0.4) is 0 Å². The lowest BCUT2D eigenvalue weighted by Crippen LogP contribution is -2.07. The van der Waals surface area contributed by atoms with Gasteiger partial charge in [-0.15, -0.1) is 0 Å². The Kier molecular flexibility index (Phi) is 6.58. The molecule has 0 aliphatic carbocycles. The number of anilines is 1. The summed E-state index contributed by atoms with van der Waals surface area (Å²) in [5, 5.41) is 2.45. The quantitative estimate of drug-likeness (QED) is 0.103. The predicted molar refractivity (Wildman–Crippen MR) is 121 cm³/mol. The van der Waals surface area contributed by atoms with E-state index in [-0.39, 0.29) is 0 Å². The van der Waals surface area contributed by atoms with E-state index in [1.807, 2.05) is 25.4 Å². The van der Waals surface area contributed by atoms with Gasteiger partial charge in [0.05, 0.1) is 16.3 Å². The second-order valence-corrected chi connectivity index (χ2v) is 7.74. The van der Waals surface area contributed by atoms with E-state index in [1.165, 1.54) is 25.9 Å². The molecule has 0 radical (unpaired) electrons. The van der Waals surface area contributed by atoms with Crippen molar-refractivity contribution in [3.63, 3.8) is 0 Å². The number of benzene rings is 3. The van der Waals surface area contributed by atoms with E-state index in [2.05, 4.69) is 89.5 Å². The maximum Gasteiger partial charge on any atom is 0.673 e. The van der Waals surface area contributed by atoms with Gasteiger partial charge < -0.3 is 22.2 Å². The summed E-state index contributed by atoms with van der Waals surface area (Å²) in [4.78, 5) is 2.09. The molecule has 4 rings (SSSR count). The van der Waals surface area contributed by atoms with Gasteiger partial charge in [-0.2, -0.15) is 0 Å². The van der Waals surface area contributed by atoms with Crippen LogP contribution in [0.2, 0.25) is 0 Å². The molecule has 0 saturated carbocycles.